The van der Waals surface area contributed by atoms with Crippen LogP contribution < -0.4 is 16.6 Å². The molecule has 1 aliphatic heterocycles. The highest BCUT2D eigenvalue weighted by Gasteiger charge is 2.43. The average molecular weight is 397 g/mol. The van der Waals surface area contributed by atoms with Crippen LogP contribution in [-0.2, 0) is 14.3 Å². The molecule has 2 rings (SSSR count). The molecule has 1 saturated heterocycles. The summed E-state index contributed by atoms with van der Waals surface area (Å²) in [4.78, 5) is 48.1. The second-order valence-corrected chi connectivity index (χ2v) is 6.88. The number of carbonyl (C=O) groups excluding carboxylic acids is 1. The van der Waals surface area contributed by atoms with Gasteiger partial charge in [-0.25, -0.2) is 9.59 Å². The van der Waals surface area contributed by atoms with Crippen LogP contribution in [0.1, 0.15) is 26.5 Å². The number of hydrogen-bond donors (Lipinski definition) is 5. The lowest BCUT2D eigenvalue weighted by molar-refractivity contribution is -0.141. The van der Waals surface area contributed by atoms with Crippen molar-refractivity contribution < 1.29 is 29.6 Å². The van der Waals surface area contributed by atoms with Gasteiger partial charge in [-0.15, -0.1) is 0 Å². The van der Waals surface area contributed by atoms with E-state index in [-0.39, 0.29) is 12.3 Å². The number of aromatic nitrogens is 2. The Hall–Kier alpha value is -2.76. The van der Waals surface area contributed by atoms with Crippen LogP contribution in [0.5, 0.6) is 0 Å². The molecular weight excluding hydrogens is 374 g/mol. The third-order valence-corrected chi connectivity index (χ3v) is 4.16. The van der Waals surface area contributed by atoms with E-state index in [1.165, 1.54) is 0 Å². The average Bonchev–Trinajstić information content (AvgIpc) is 2.87. The first kappa shape index (κ1) is 21.5. The molecule has 1 aromatic heterocycles. The van der Waals surface area contributed by atoms with Crippen LogP contribution in [-0.4, -0.2) is 61.1 Å². The summed E-state index contributed by atoms with van der Waals surface area (Å²) in [5.41, 5.74) is -1.46. The number of aliphatic carboxylic acids is 1. The van der Waals surface area contributed by atoms with Crippen molar-refractivity contribution in [3.8, 4) is 0 Å². The largest absolute Gasteiger partial charge is 0.480 e. The summed E-state index contributed by atoms with van der Waals surface area (Å²) in [6.45, 7) is 3.64. The number of aliphatic hydroxyl groups excluding tert-OH is 2. The van der Waals surface area contributed by atoms with Crippen LogP contribution in [0.25, 0.3) is 0 Å². The molecule has 0 aliphatic carbocycles. The fourth-order valence-corrected chi connectivity index (χ4v) is 2.80. The number of aliphatic hydroxyl groups is 2. The van der Waals surface area contributed by atoms with E-state index in [1.54, 1.807) is 0 Å². The summed E-state index contributed by atoms with van der Waals surface area (Å²) in [7, 11) is 0. The molecule has 2 heterocycles. The minimum Gasteiger partial charge on any atom is -0.480 e. The molecule has 5 atom stereocenters. The van der Waals surface area contributed by atoms with E-state index in [2.05, 4.69) is 5.32 Å². The molecule has 11 nitrogen and oxygen atoms in total. The first-order valence-corrected chi connectivity index (χ1v) is 8.64. The lowest BCUT2D eigenvalue weighted by Crippen LogP contribution is -2.41. The van der Waals surface area contributed by atoms with Crippen molar-refractivity contribution in [1.82, 2.24) is 14.9 Å². The van der Waals surface area contributed by atoms with Crippen LogP contribution in [0, 0.1) is 5.92 Å². The van der Waals surface area contributed by atoms with Gasteiger partial charge in [-0.3, -0.25) is 19.1 Å². The van der Waals surface area contributed by atoms with Crippen LogP contribution >= 0.6 is 0 Å². The first-order valence-electron chi connectivity index (χ1n) is 8.64. The molecule has 0 saturated carbocycles. The zero-order chi connectivity index (χ0) is 21.0. The number of nitrogens with zero attached hydrogens (tertiary/aromatic N) is 1. The normalized spacial score (nSPS) is 25.9. The zero-order valence-corrected chi connectivity index (χ0v) is 15.3. The Labute approximate surface area is 159 Å². The number of aromatic amines is 1. The second-order valence-electron chi connectivity index (χ2n) is 6.88. The van der Waals surface area contributed by atoms with Crippen LogP contribution in [0.4, 0.5) is 0 Å². The monoisotopic (exact) mass is 397 g/mol. The predicted molar refractivity (Wildman–Crippen MR) is 95.4 cm³/mol. The van der Waals surface area contributed by atoms with Crippen molar-refractivity contribution in [2.45, 2.75) is 50.8 Å². The summed E-state index contributed by atoms with van der Waals surface area (Å²) < 4.78 is 6.33. The van der Waals surface area contributed by atoms with Crippen molar-refractivity contribution in [2.75, 3.05) is 0 Å². The minimum atomic E-state index is -1.49. The molecule has 154 valence electrons. The first-order chi connectivity index (χ1) is 13.1. The maximum Gasteiger partial charge on any atom is 0.330 e. The van der Waals surface area contributed by atoms with Gasteiger partial charge in [0, 0.05) is 18.3 Å². The summed E-state index contributed by atoms with van der Waals surface area (Å²) in [5.74, 6) is -1.82. The fourth-order valence-electron chi connectivity index (χ4n) is 2.80. The van der Waals surface area contributed by atoms with Crippen molar-refractivity contribution in [2.24, 2.45) is 5.92 Å². The van der Waals surface area contributed by atoms with Gasteiger partial charge in [-0.1, -0.05) is 13.8 Å². The van der Waals surface area contributed by atoms with Gasteiger partial charge in [0.05, 0.1) is 0 Å². The Kier molecular flexibility index (Phi) is 6.89. The highest BCUT2D eigenvalue weighted by molar-refractivity contribution is 5.91. The predicted octanol–water partition coefficient (Wildman–Crippen LogP) is -1.67. The topological polar surface area (TPSA) is 171 Å². The van der Waals surface area contributed by atoms with Crippen molar-refractivity contribution in [3.05, 3.63) is 45.3 Å². The standard InChI is InChI=1S/C17H23N3O8/c1-8(2)7-9(16(25)26)18-11(21)4-3-10-13(23)14(24)15(28-10)20-6-5-12(22)19-17(20)27/h3-6,8-10,13-15,23-24H,7H2,1-2H3,(H,18,21)(H,25,26)(H,19,22,27)/b4-3+/t9-,10+,13+,14+,15+/m0/s1. The molecule has 28 heavy (non-hydrogen) atoms. The molecule has 0 radical (unpaired) electrons. The van der Waals surface area contributed by atoms with E-state index < -0.39 is 53.7 Å². The third kappa shape index (κ3) is 5.15. The van der Waals surface area contributed by atoms with Gasteiger partial charge >= 0.3 is 11.7 Å². The molecule has 5 N–H and O–H groups in total. The number of carbonyl (C=O) groups is 2. The van der Waals surface area contributed by atoms with Crippen molar-refractivity contribution >= 4 is 11.9 Å². The molecule has 1 fully saturated rings. The van der Waals surface area contributed by atoms with Gasteiger partial charge in [0.15, 0.2) is 6.23 Å². The van der Waals surface area contributed by atoms with Crippen molar-refractivity contribution in [3.63, 3.8) is 0 Å². The van der Waals surface area contributed by atoms with E-state index in [9.17, 15) is 29.4 Å². The lowest BCUT2D eigenvalue weighted by atomic mass is 10.0. The maximum absolute atomic E-state index is 12.0. The van der Waals surface area contributed by atoms with Crippen LogP contribution in [0.15, 0.2) is 34.0 Å². The third-order valence-electron chi connectivity index (χ3n) is 4.16. The molecule has 11 heteroatoms. The zero-order valence-electron chi connectivity index (χ0n) is 15.3. The van der Waals surface area contributed by atoms with Crippen LogP contribution in [0.3, 0.4) is 0 Å². The fraction of sp³-hybridized carbons (Fsp3) is 0.529. The molecule has 0 bridgehead atoms. The molecule has 0 spiro atoms. The Morgan fingerprint density at radius 3 is 2.57 bits per heavy atom. The molecule has 1 aromatic rings. The van der Waals surface area contributed by atoms with Gasteiger partial charge in [-0.2, -0.15) is 0 Å². The van der Waals surface area contributed by atoms with Gasteiger partial charge in [-0.05, 0) is 18.4 Å². The number of ether oxygens (including phenoxy) is 1. The SMILES string of the molecule is CC(C)C[C@H](NC(=O)/C=C/[C@H]1O[C@@H](n2ccc(=O)[nH]c2=O)[C@H](O)[C@@H]1O)C(=O)O. The molecule has 1 aliphatic rings. The van der Waals surface area contributed by atoms with E-state index in [0.29, 0.717) is 0 Å². The highest BCUT2D eigenvalue weighted by atomic mass is 16.6. The van der Waals surface area contributed by atoms with E-state index in [0.717, 1.165) is 29.0 Å². The molecule has 0 aromatic carbocycles. The smallest absolute Gasteiger partial charge is 0.330 e. The van der Waals surface area contributed by atoms with Gasteiger partial charge < -0.3 is 25.4 Å². The molecular formula is C17H23N3O8. The summed E-state index contributed by atoms with van der Waals surface area (Å²) >= 11 is 0. The number of nitrogens with one attached hydrogen (secondary N) is 2. The van der Waals surface area contributed by atoms with Crippen LogP contribution in [0.2, 0.25) is 0 Å². The molecule has 0 unspecified atom stereocenters. The lowest BCUT2D eigenvalue weighted by Gasteiger charge is -2.16. The Balaban J connectivity index is 2.07. The highest BCUT2D eigenvalue weighted by Crippen LogP contribution is 2.28. The number of H-pyrrole nitrogens is 1. The number of amides is 1. The maximum atomic E-state index is 12.0. The van der Waals surface area contributed by atoms with E-state index >= 15 is 0 Å². The minimum absolute atomic E-state index is 0.0527. The number of carboxylic acid groups (broad SMARTS) is 1. The summed E-state index contributed by atoms with van der Waals surface area (Å²) in [6, 6.07) is -0.00837. The van der Waals surface area contributed by atoms with E-state index in [1.807, 2.05) is 18.8 Å². The Morgan fingerprint density at radius 1 is 1.32 bits per heavy atom. The number of rotatable bonds is 7. The van der Waals surface area contributed by atoms with E-state index in [4.69, 9.17) is 9.84 Å². The quantitative estimate of drug-likeness (QED) is 0.340. The summed E-state index contributed by atoms with van der Waals surface area (Å²) in [6.07, 6.45) is -1.82. The van der Waals surface area contributed by atoms with Crippen molar-refractivity contribution in [1.29, 1.82) is 0 Å². The second kappa shape index (κ2) is 8.95. The van der Waals surface area contributed by atoms with Gasteiger partial charge in [0.25, 0.3) is 5.56 Å². The number of hydrogen-bond acceptors (Lipinski definition) is 7. The molecule has 1 amide bonds. The Morgan fingerprint density at radius 2 is 2.00 bits per heavy atom. The van der Waals surface area contributed by atoms with Gasteiger partial charge in [0.1, 0.15) is 24.4 Å². The number of carboxylic acids is 1. The summed E-state index contributed by atoms with van der Waals surface area (Å²) in [5, 5.41) is 31.7. The van der Waals surface area contributed by atoms with Gasteiger partial charge in [0.2, 0.25) is 5.91 Å². The Bertz CT molecular complexity index is 858.